The third kappa shape index (κ3) is 2.79. The van der Waals surface area contributed by atoms with Crippen molar-refractivity contribution < 1.29 is 0 Å². The predicted molar refractivity (Wildman–Crippen MR) is 74.3 cm³/mol. The van der Waals surface area contributed by atoms with Crippen LogP contribution in [0.3, 0.4) is 0 Å². The highest BCUT2D eigenvalue weighted by Crippen LogP contribution is 2.17. The molecule has 0 bridgehead atoms. The fourth-order valence-corrected chi connectivity index (χ4v) is 2.25. The normalized spacial score (nSPS) is 12.6. The van der Waals surface area contributed by atoms with E-state index in [4.69, 9.17) is 5.73 Å². The maximum absolute atomic E-state index is 6.29. The van der Waals surface area contributed by atoms with E-state index in [2.05, 4.69) is 47.7 Å². The van der Waals surface area contributed by atoms with E-state index in [1.807, 2.05) is 12.4 Å². The van der Waals surface area contributed by atoms with E-state index in [0.717, 1.165) is 25.2 Å². The van der Waals surface area contributed by atoms with Gasteiger partial charge in [-0.15, -0.1) is 0 Å². The molecule has 0 spiro atoms. The van der Waals surface area contributed by atoms with E-state index in [9.17, 15) is 0 Å². The summed E-state index contributed by atoms with van der Waals surface area (Å²) >= 11 is 0. The van der Waals surface area contributed by atoms with Crippen LogP contribution in [0, 0.1) is 6.92 Å². The average molecular weight is 243 g/mol. The van der Waals surface area contributed by atoms with Crippen LogP contribution in [0.2, 0.25) is 0 Å². The first-order valence-corrected chi connectivity index (χ1v) is 6.53. The van der Waals surface area contributed by atoms with E-state index in [1.54, 1.807) is 0 Å². The molecule has 0 aliphatic heterocycles. The number of benzene rings is 1. The molecule has 3 heteroatoms. The highest BCUT2D eigenvalue weighted by molar-refractivity contribution is 5.27. The SMILES string of the molecule is CCCn1ccnc1C(N)Cc1ccccc1C. The Morgan fingerprint density at radius 2 is 2.11 bits per heavy atom. The molecule has 1 unspecified atom stereocenters. The molecule has 96 valence electrons. The third-order valence-corrected chi connectivity index (χ3v) is 3.24. The minimum absolute atomic E-state index is 0.0346. The topological polar surface area (TPSA) is 43.8 Å². The number of rotatable bonds is 5. The van der Waals surface area contributed by atoms with Crippen LogP contribution in [0.15, 0.2) is 36.7 Å². The van der Waals surface area contributed by atoms with Crippen molar-refractivity contribution in [2.75, 3.05) is 0 Å². The second-order valence-corrected chi connectivity index (χ2v) is 4.72. The molecule has 3 nitrogen and oxygen atoms in total. The number of imidazole rings is 1. The highest BCUT2D eigenvalue weighted by Gasteiger charge is 2.13. The number of aryl methyl sites for hydroxylation is 2. The van der Waals surface area contributed by atoms with Crippen molar-refractivity contribution >= 4 is 0 Å². The van der Waals surface area contributed by atoms with Crippen molar-refractivity contribution in [2.24, 2.45) is 5.73 Å². The van der Waals surface area contributed by atoms with Crippen LogP contribution in [0.1, 0.15) is 36.3 Å². The summed E-state index contributed by atoms with van der Waals surface area (Å²) in [5.41, 5.74) is 8.88. The summed E-state index contributed by atoms with van der Waals surface area (Å²) in [7, 11) is 0. The molecule has 2 rings (SSSR count). The van der Waals surface area contributed by atoms with Gasteiger partial charge in [0.25, 0.3) is 0 Å². The molecule has 0 aliphatic carbocycles. The van der Waals surface area contributed by atoms with Gasteiger partial charge in [0, 0.05) is 18.9 Å². The molecular formula is C15H21N3. The summed E-state index contributed by atoms with van der Waals surface area (Å²) in [6.07, 6.45) is 5.78. The van der Waals surface area contributed by atoms with Gasteiger partial charge in [0.1, 0.15) is 5.82 Å². The summed E-state index contributed by atoms with van der Waals surface area (Å²) in [4.78, 5) is 4.40. The van der Waals surface area contributed by atoms with Gasteiger partial charge in [-0.25, -0.2) is 4.98 Å². The summed E-state index contributed by atoms with van der Waals surface area (Å²) in [6, 6.07) is 8.35. The minimum Gasteiger partial charge on any atom is -0.334 e. The van der Waals surface area contributed by atoms with Gasteiger partial charge >= 0.3 is 0 Å². The van der Waals surface area contributed by atoms with Gasteiger partial charge in [-0.2, -0.15) is 0 Å². The zero-order valence-electron chi connectivity index (χ0n) is 11.1. The zero-order chi connectivity index (χ0) is 13.0. The zero-order valence-corrected chi connectivity index (χ0v) is 11.1. The van der Waals surface area contributed by atoms with Crippen molar-refractivity contribution in [1.82, 2.24) is 9.55 Å². The molecule has 1 aromatic heterocycles. The Morgan fingerprint density at radius 3 is 2.83 bits per heavy atom. The molecule has 0 aliphatic rings. The van der Waals surface area contributed by atoms with E-state index < -0.39 is 0 Å². The van der Waals surface area contributed by atoms with Crippen LogP contribution >= 0.6 is 0 Å². The number of hydrogen-bond acceptors (Lipinski definition) is 2. The maximum Gasteiger partial charge on any atom is 0.125 e. The number of nitrogens with two attached hydrogens (primary N) is 1. The summed E-state index contributed by atoms with van der Waals surface area (Å²) in [5, 5.41) is 0. The van der Waals surface area contributed by atoms with Crippen LogP contribution in [0.5, 0.6) is 0 Å². The molecule has 0 fully saturated rings. The lowest BCUT2D eigenvalue weighted by molar-refractivity contribution is 0.573. The van der Waals surface area contributed by atoms with Crippen molar-refractivity contribution in [2.45, 2.75) is 39.3 Å². The maximum atomic E-state index is 6.29. The standard InChI is InChI=1S/C15H21N3/c1-3-9-18-10-8-17-15(18)14(16)11-13-7-5-4-6-12(13)2/h4-8,10,14H,3,9,11,16H2,1-2H3. The van der Waals surface area contributed by atoms with E-state index in [1.165, 1.54) is 11.1 Å². The average Bonchev–Trinajstić information content (AvgIpc) is 2.81. The first-order valence-electron chi connectivity index (χ1n) is 6.53. The van der Waals surface area contributed by atoms with Gasteiger partial charge in [-0.3, -0.25) is 0 Å². The van der Waals surface area contributed by atoms with E-state index >= 15 is 0 Å². The van der Waals surface area contributed by atoms with Gasteiger partial charge < -0.3 is 10.3 Å². The quantitative estimate of drug-likeness (QED) is 0.877. The van der Waals surface area contributed by atoms with Crippen LogP contribution in [0.25, 0.3) is 0 Å². The number of hydrogen-bond donors (Lipinski definition) is 1. The molecule has 2 aromatic rings. The second kappa shape index (κ2) is 5.83. The Kier molecular flexibility index (Phi) is 4.15. The lowest BCUT2D eigenvalue weighted by atomic mass is 10.0. The monoisotopic (exact) mass is 243 g/mol. The number of nitrogens with zero attached hydrogens (tertiary/aromatic N) is 2. The van der Waals surface area contributed by atoms with Crippen LogP contribution in [-0.4, -0.2) is 9.55 Å². The Balaban J connectivity index is 2.14. The molecule has 2 N–H and O–H groups in total. The van der Waals surface area contributed by atoms with E-state index in [-0.39, 0.29) is 6.04 Å². The summed E-state index contributed by atoms with van der Waals surface area (Å²) in [6.45, 7) is 5.27. The molecular weight excluding hydrogens is 222 g/mol. The lowest BCUT2D eigenvalue weighted by Crippen LogP contribution is -2.19. The minimum atomic E-state index is -0.0346. The molecule has 1 heterocycles. The largest absolute Gasteiger partial charge is 0.334 e. The van der Waals surface area contributed by atoms with Crippen molar-refractivity contribution in [3.8, 4) is 0 Å². The van der Waals surface area contributed by atoms with Crippen LogP contribution in [-0.2, 0) is 13.0 Å². The Hall–Kier alpha value is -1.61. The van der Waals surface area contributed by atoms with Crippen molar-refractivity contribution in [3.63, 3.8) is 0 Å². The molecule has 1 aromatic carbocycles. The smallest absolute Gasteiger partial charge is 0.125 e. The first-order chi connectivity index (χ1) is 8.72. The third-order valence-electron chi connectivity index (χ3n) is 3.24. The van der Waals surface area contributed by atoms with Crippen molar-refractivity contribution in [3.05, 3.63) is 53.6 Å². The molecule has 1 atom stereocenters. The van der Waals surface area contributed by atoms with Gasteiger partial charge in [0.2, 0.25) is 0 Å². The Labute approximate surface area is 109 Å². The lowest BCUT2D eigenvalue weighted by Gasteiger charge is -2.15. The summed E-state index contributed by atoms with van der Waals surface area (Å²) < 4.78 is 2.16. The number of aromatic nitrogens is 2. The van der Waals surface area contributed by atoms with Crippen LogP contribution < -0.4 is 5.73 Å². The van der Waals surface area contributed by atoms with Crippen LogP contribution in [0.4, 0.5) is 0 Å². The predicted octanol–water partition coefficient (Wildman–Crippen LogP) is 2.84. The van der Waals surface area contributed by atoms with Gasteiger partial charge in [-0.05, 0) is 30.9 Å². The summed E-state index contributed by atoms with van der Waals surface area (Å²) in [5.74, 6) is 0.986. The van der Waals surface area contributed by atoms with Crippen molar-refractivity contribution in [1.29, 1.82) is 0 Å². The van der Waals surface area contributed by atoms with Gasteiger partial charge in [0.05, 0.1) is 6.04 Å². The van der Waals surface area contributed by atoms with Gasteiger partial charge in [-0.1, -0.05) is 31.2 Å². The Bertz CT molecular complexity index is 502. The van der Waals surface area contributed by atoms with Gasteiger partial charge in [0.15, 0.2) is 0 Å². The molecule has 0 saturated carbocycles. The first kappa shape index (κ1) is 12.8. The molecule has 0 saturated heterocycles. The molecule has 0 amide bonds. The molecule has 18 heavy (non-hydrogen) atoms. The fourth-order valence-electron chi connectivity index (χ4n) is 2.25. The highest BCUT2D eigenvalue weighted by atomic mass is 15.1. The Morgan fingerprint density at radius 1 is 1.33 bits per heavy atom. The molecule has 0 radical (unpaired) electrons. The fraction of sp³-hybridized carbons (Fsp3) is 0.400. The van der Waals surface area contributed by atoms with E-state index in [0.29, 0.717) is 0 Å². The second-order valence-electron chi connectivity index (χ2n) is 4.72.